The van der Waals surface area contributed by atoms with E-state index in [-0.39, 0.29) is 5.78 Å². The average Bonchev–Trinajstić information content (AvgIpc) is 2.82. The van der Waals surface area contributed by atoms with E-state index in [0.717, 1.165) is 36.5 Å². The van der Waals surface area contributed by atoms with Crippen LogP contribution in [0.4, 0.5) is 0 Å². The topological polar surface area (TPSA) is 25.2 Å². The summed E-state index contributed by atoms with van der Waals surface area (Å²) in [5, 5.41) is -0.454. The minimum absolute atomic E-state index is 0.0300. The van der Waals surface area contributed by atoms with E-state index in [1.54, 1.807) is 6.92 Å². The molecule has 0 aromatic carbocycles. The molecule has 1 fully saturated rings. The highest BCUT2D eigenvalue weighted by atomic mass is 35.5. The fourth-order valence-corrected chi connectivity index (χ4v) is 3.04. The van der Waals surface area contributed by atoms with Gasteiger partial charge in [0.15, 0.2) is 5.78 Å². The molecule has 3 nitrogen and oxygen atoms in total. The van der Waals surface area contributed by atoms with Crippen LogP contribution in [0.3, 0.4) is 0 Å². The van der Waals surface area contributed by atoms with Crippen molar-refractivity contribution in [2.75, 3.05) is 20.1 Å². The number of likely N-dealkylation sites (N-methyl/N-ethyl adjacent to an activating group) is 1. The Morgan fingerprint density at radius 3 is 2.67 bits per heavy atom. The Hall–Kier alpha value is -0.800. The summed E-state index contributed by atoms with van der Waals surface area (Å²) in [6.45, 7) is 8.01. The molecular weight excluding hydrogens is 248 g/mol. The number of Topliss-reactive ketones (excluding diaryl/α,β-unsaturated/α-hetero) is 1. The number of halogens is 1. The van der Waals surface area contributed by atoms with Crippen molar-refractivity contribution >= 4 is 17.4 Å². The van der Waals surface area contributed by atoms with E-state index in [4.69, 9.17) is 11.6 Å². The van der Waals surface area contributed by atoms with Crippen molar-refractivity contribution in [2.45, 2.75) is 38.6 Å². The Labute approximate surface area is 114 Å². The van der Waals surface area contributed by atoms with Crippen LogP contribution in [0.2, 0.25) is 0 Å². The minimum atomic E-state index is -0.454. The van der Waals surface area contributed by atoms with Gasteiger partial charge in [0.05, 0.1) is 5.38 Å². The van der Waals surface area contributed by atoms with Crippen LogP contribution in [-0.2, 0) is 0 Å². The molecule has 0 radical (unpaired) electrons. The first-order valence-electron chi connectivity index (χ1n) is 6.47. The molecule has 0 amide bonds. The molecule has 1 aliphatic rings. The standard InChI is InChI=1S/C14H21ClN2O/c1-9-7-13(14(18)10(2)15)11(3)17(9)12-5-6-16(4)8-12/h7,10,12H,5-6,8H2,1-4H3. The van der Waals surface area contributed by atoms with Crippen LogP contribution in [0.25, 0.3) is 0 Å². The molecule has 18 heavy (non-hydrogen) atoms. The van der Waals surface area contributed by atoms with Crippen molar-refractivity contribution < 1.29 is 4.79 Å². The van der Waals surface area contributed by atoms with Gasteiger partial charge in [-0.2, -0.15) is 0 Å². The molecule has 0 bridgehead atoms. The Balaban J connectivity index is 2.35. The van der Waals surface area contributed by atoms with Crippen LogP contribution in [0.5, 0.6) is 0 Å². The largest absolute Gasteiger partial charge is 0.344 e. The first kappa shape index (κ1) is 13.6. The van der Waals surface area contributed by atoms with E-state index in [1.165, 1.54) is 0 Å². The first-order chi connectivity index (χ1) is 8.41. The van der Waals surface area contributed by atoms with Crippen molar-refractivity contribution in [1.82, 2.24) is 9.47 Å². The number of carbonyl (C=O) groups is 1. The summed E-state index contributed by atoms with van der Waals surface area (Å²) in [5.41, 5.74) is 3.00. The van der Waals surface area contributed by atoms with Gasteiger partial charge in [-0.05, 0) is 46.9 Å². The third kappa shape index (κ3) is 2.34. The van der Waals surface area contributed by atoms with Crippen molar-refractivity contribution in [2.24, 2.45) is 0 Å². The van der Waals surface area contributed by atoms with E-state index in [9.17, 15) is 4.79 Å². The fourth-order valence-electron chi connectivity index (χ4n) is 2.93. The number of carbonyl (C=O) groups excluding carboxylic acids is 1. The quantitative estimate of drug-likeness (QED) is 0.622. The Kier molecular flexibility index (Phi) is 3.83. The summed E-state index contributed by atoms with van der Waals surface area (Å²) < 4.78 is 2.30. The van der Waals surface area contributed by atoms with Gasteiger partial charge in [0.2, 0.25) is 0 Å². The normalized spacial score (nSPS) is 22.4. The maximum absolute atomic E-state index is 12.1. The van der Waals surface area contributed by atoms with Crippen LogP contribution in [-0.4, -0.2) is 40.8 Å². The Morgan fingerprint density at radius 1 is 1.50 bits per heavy atom. The van der Waals surface area contributed by atoms with Gasteiger partial charge in [-0.3, -0.25) is 4.79 Å². The maximum Gasteiger partial charge on any atom is 0.182 e. The molecule has 0 spiro atoms. The predicted octanol–water partition coefficient (Wildman–Crippen LogP) is 2.79. The molecule has 0 N–H and O–H groups in total. The number of likely N-dealkylation sites (tertiary alicyclic amines) is 1. The van der Waals surface area contributed by atoms with Crippen LogP contribution in [0.15, 0.2) is 6.07 Å². The number of ketones is 1. The predicted molar refractivity (Wildman–Crippen MR) is 74.7 cm³/mol. The molecule has 0 aliphatic carbocycles. The monoisotopic (exact) mass is 268 g/mol. The lowest BCUT2D eigenvalue weighted by Crippen LogP contribution is -2.18. The van der Waals surface area contributed by atoms with Crippen LogP contribution in [0.1, 0.15) is 41.1 Å². The molecule has 1 aromatic rings. The number of hydrogen-bond acceptors (Lipinski definition) is 2. The Bertz CT molecular complexity index is 465. The summed E-state index contributed by atoms with van der Waals surface area (Å²) in [4.78, 5) is 14.4. The zero-order valence-electron chi connectivity index (χ0n) is 11.5. The molecule has 2 unspecified atom stereocenters. The number of alkyl halides is 1. The number of aromatic nitrogens is 1. The van der Waals surface area contributed by atoms with Crippen molar-refractivity contribution in [3.05, 3.63) is 23.0 Å². The number of nitrogens with zero attached hydrogens (tertiary/aromatic N) is 2. The zero-order chi connectivity index (χ0) is 13.4. The lowest BCUT2D eigenvalue weighted by molar-refractivity contribution is 0.0991. The molecule has 1 saturated heterocycles. The third-order valence-corrected chi connectivity index (χ3v) is 4.04. The highest BCUT2D eigenvalue weighted by Crippen LogP contribution is 2.28. The molecule has 0 saturated carbocycles. The van der Waals surface area contributed by atoms with E-state index in [0.29, 0.717) is 6.04 Å². The lowest BCUT2D eigenvalue weighted by Gasteiger charge is -2.18. The summed E-state index contributed by atoms with van der Waals surface area (Å²) in [6.07, 6.45) is 1.15. The summed E-state index contributed by atoms with van der Waals surface area (Å²) >= 11 is 5.91. The number of aryl methyl sites for hydroxylation is 1. The summed E-state index contributed by atoms with van der Waals surface area (Å²) in [7, 11) is 2.14. The second-order valence-electron chi connectivity index (χ2n) is 5.34. The van der Waals surface area contributed by atoms with Crippen molar-refractivity contribution in [3.63, 3.8) is 0 Å². The zero-order valence-corrected chi connectivity index (χ0v) is 12.3. The summed E-state index contributed by atoms with van der Waals surface area (Å²) in [6, 6.07) is 2.47. The van der Waals surface area contributed by atoms with Gasteiger partial charge in [-0.1, -0.05) is 0 Å². The van der Waals surface area contributed by atoms with Crippen molar-refractivity contribution in [1.29, 1.82) is 0 Å². The van der Waals surface area contributed by atoms with Crippen molar-refractivity contribution in [3.8, 4) is 0 Å². The molecular formula is C14H21ClN2O. The first-order valence-corrected chi connectivity index (χ1v) is 6.90. The maximum atomic E-state index is 12.1. The molecule has 2 atom stereocenters. The molecule has 1 aliphatic heterocycles. The number of hydrogen-bond donors (Lipinski definition) is 0. The SMILES string of the molecule is Cc1cc(C(=O)C(C)Cl)c(C)n1C1CCN(C)C1. The number of rotatable bonds is 3. The van der Waals surface area contributed by atoms with Gasteiger partial charge in [0, 0.05) is 29.5 Å². The highest BCUT2D eigenvalue weighted by molar-refractivity contribution is 6.33. The molecule has 1 aromatic heterocycles. The van der Waals surface area contributed by atoms with Gasteiger partial charge in [0.25, 0.3) is 0 Å². The fraction of sp³-hybridized carbons (Fsp3) is 0.643. The average molecular weight is 269 g/mol. The van der Waals surface area contributed by atoms with E-state index in [1.807, 2.05) is 13.0 Å². The Morgan fingerprint density at radius 2 is 2.17 bits per heavy atom. The van der Waals surface area contributed by atoms with Gasteiger partial charge in [-0.15, -0.1) is 11.6 Å². The van der Waals surface area contributed by atoms with Crippen LogP contribution in [0, 0.1) is 13.8 Å². The van der Waals surface area contributed by atoms with Gasteiger partial charge < -0.3 is 9.47 Å². The molecule has 100 valence electrons. The third-order valence-electron chi connectivity index (χ3n) is 3.84. The van der Waals surface area contributed by atoms with E-state index >= 15 is 0 Å². The second kappa shape index (κ2) is 5.06. The van der Waals surface area contributed by atoms with Gasteiger partial charge in [-0.25, -0.2) is 0 Å². The van der Waals surface area contributed by atoms with Gasteiger partial charge >= 0.3 is 0 Å². The molecule has 2 rings (SSSR count). The highest BCUT2D eigenvalue weighted by Gasteiger charge is 2.26. The van der Waals surface area contributed by atoms with E-state index < -0.39 is 5.38 Å². The smallest absolute Gasteiger partial charge is 0.182 e. The summed E-state index contributed by atoms with van der Waals surface area (Å²) in [5.74, 6) is 0.0300. The van der Waals surface area contributed by atoms with E-state index in [2.05, 4.69) is 23.4 Å². The lowest BCUT2D eigenvalue weighted by atomic mass is 10.1. The van der Waals surface area contributed by atoms with Crippen LogP contribution < -0.4 is 0 Å². The minimum Gasteiger partial charge on any atom is -0.344 e. The van der Waals surface area contributed by atoms with Gasteiger partial charge in [0.1, 0.15) is 0 Å². The molecule has 4 heteroatoms. The second-order valence-corrected chi connectivity index (χ2v) is 5.99. The van der Waals surface area contributed by atoms with Crippen LogP contribution >= 0.6 is 11.6 Å². The molecule has 2 heterocycles.